The van der Waals surface area contributed by atoms with E-state index >= 15 is 0 Å². The number of pyridine rings is 1. The Kier molecular flexibility index (Phi) is 4.15. The molecule has 0 radical (unpaired) electrons. The molecule has 0 atom stereocenters. The Morgan fingerprint density at radius 1 is 1.41 bits per heavy atom. The van der Waals surface area contributed by atoms with Gasteiger partial charge >= 0.3 is 6.09 Å². The van der Waals surface area contributed by atoms with Crippen LogP contribution in [0, 0.1) is 0 Å². The van der Waals surface area contributed by atoms with Gasteiger partial charge in [0.15, 0.2) is 5.65 Å². The Labute approximate surface area is 129 Å². The summed E-state index contributed by atoms with van der Waals surface area (Å²) in [5.74, 6) is 0. The summed E-state index contributed by atoms with van der Waals surface area (Å²) < 4.78 is 29.6. The minimum absolute atomic E-state index is 0.397. The highest BCUT2D eigenvalue weighted by Crippen LogP contribution is 2.24. The Morgan fingerprint density at radius 2 is 2.09 bits per heavy atom. The standard InChI is InChI=1S/C14H19N3O4S/c1-14(2,21-13(15)18)7-4-10-5-8-16-12-11(10)6-9-17(12)22(3,19)20/h5-6,8-9H,4,7H2,1-3H3,(H2,15,18). The summed E-state index contributed by atoms with van der Waals surface area (Å²) in [6.07, 6.45) is 4.53. The Balaban J connectivity index is 2.30. The van der Waals surface area contributed by atoms with Gasteiger partial charge in [-0.05, 0) is 44.4 Å². The molecule has 0 aliphatic heterocycles. The van der Waals surface area contributed by atoms with E-state index in [1.165, 1.54) is 6.20 Å². The Hall–Kier alpha value is -2.09. The highest BCUT2D eigenvalue weighted by molar-refractivity contribution is 7.89. The number of primary amides is 1. The van der Waals surface area contributed by atoms with Gasteiger partial charge in [0.2, 0.25) is 10.0 Å². The molecule has 2 rings (SSSR count). The molecule has 2 heterocycles. The van der Waals surface area contributed by atoms with E-state index in [1.54, 1.807) is 26.1 Å². The molecule has 8 heteroatoms. The quantitative estimate of drug-likeness (QED) is 0.900. The first-order chi connectivity index (χ1) is 10.1. The van der Waals surface area contributed by atoms with Gasteiger partial charge in [-0.25, -0.2) is 22.2 Å². The van der Waals surface area contributed by atoms with Crippen molar-refractivity contribution in [2.24, 2.45) is 5.73 Å². The van der Waals surface area contributed by atoms with Crippen LogP contribution in [0.25, 0.3) is 11.0 Å². The molecule has 0 unspecified atom stereocenters. The summed E-state index contributed by atoms with van der Waals surface area (Å²) in [5.41, 5.74) is 5.69. The predicted octanol–water partition coefficient (Wildman–Crippen LogP) is 1.65. The number of carbonyl (C=O) groups excluding carboxylic acids is 1. The van der Waals surface area contributed by atoms with E-state index in [9.17, 15) is 13.2 Å². The van der Waals surface area contributed by atoms with Crippen molar-refractivity contribution in [1.82, 2.24) is 8.96 Å². The van der Waals surface area contributed by atoms with Gasteiger partial charge in [-0.2, -0.15) is 0 Å². The van der Waals surface area contributed by atoms with Crippen LogP contribution >= 0.6 is 0 Å². The van der Waals surface area contributed by atoms with Crippen LogP contribution in [0.1, 0.15) is 25.8 Å². The zero-order valence-corrected chi connectivity index (χ0v) is 13.6. The lowest BCUT2D eigenvalue weighted by atomic mass is 9.98. The average Bonchev–Trinajstić information content (AvgIpc) is 2.78. The zero-order valence-electron chi connectivity index (χ0n) is 12.7. The number of carbonyl (C=O) groups is 1. The fourth-order valence-corrected chi connectivity index (χ4v) is 3.06. The third-order valence-corrected chi connectivity index (χ3v) is 4.38. The molecule has 2 aromatic rings. The maximum absolute atomic E-state index is 11.7. The van der Waals surface area contributed by atoms with Crippen molar-refractivity contribution in [1.29, 1.82) is 0 Å². The minimum atomic E-state index is -3.39. The van der Waals surface area contributed by atoms with Crippen molar-refractivity contribution >= 4 is 27.1 Å². The lowest BCUT2D eigenvalue weighted by molar-refractivity contribution is 0.0395. The number of amides is 1. The van der Waals surface area contributed by atoms with Gasteiger partial charge in [-0.1, -0.05) is 0 Å². The van der Waals surface area contributed by atoms with Crippen molar-refractivity contribution in [3.63, 3.8) is 0 Å². The molecule has 2 N–H and O–H groups in total. The van der Waals surface area contributed by atoms with E-state index in [2.05, 4.69) is 4.98 Å². The molecule has 0 aliphatic rings. The van der Waals surface area contributed by atoms with E-state index in [-0.39, 0.29) is 0 Å². The summed E-state index contributed by atoms with van der Waals surface area (Å²) in [5, 5.41) is 0.766. The highest BCUT2D eigenvalue weighted by atomic mass is 32.2. The van der Waals surface area contributed by atoms with Gasteiger partial charge in [-0.3, -0.25) is 0 Å². The number of aryl methyl sites for hydroxylation is 1. The maximum Gasteiger partial charge on any atom is 0.405 e. The predicted molar refractivity (Wildman–Crippen MR) is 83.0 cm³/mol. The molecule has 0 aliphatic carbocycles. The largest absolute Gasteiger partial charge is 0.444 e. The van der Waals surface area contributed by atoms with Gasteiger partial charge in [0.05, 0.1) is 6.26 Å². The summed E-state index contributed by atoms with van der Waals surface area (Å²) in [7, 11) is -3.39. The number of nitrogens with two attached hydrogens (primary N) is 1. The number of rotatable bonds is 5. The first-order valence-electron chi connectivity index (χ1n) is 6.74. The van der Waals surface area contributed by atoms with Crippen molar-refractivity contribution in [2.75, 3.05) is 6.26 Å². The lowest BCUT2D eigenvalue weighted by Crippen LogP contribution is -2.31. The van der Waals surface area contributed by atoms with E-state index in [1.807, 2.05) is 6.07 Å². The summed E-state index contributed by atoms with van der Waals surface area (Å²) in [4.78, 5) is 15.0. The van der Waals surface area contributed by atoms with Crippen LogP contribution in [0.2, 0.25) is 0 Å². The van der Waals surface area contributed by atoms with Crippen molar-refractivity contribution in [2.45, 2.75) is 32.3 Å². The lowest BCUT2D eigenvalue weighted by Gasteiger charge is -2.23. The molecule has 0 saturated carbocycles. The molecular weight excluding hydrogens is 306 g/mol. The second kappa shape index (κ2) is 5.60. The molecule has 2 aromatic heterocycles. The normalized spacial score (nSPS) is 12.5. The topological polar surface area (TPSA) is 104 Å². The average molecular weight is 325 g/mol. The van der Waals surface area contributed by atoms with Crippen molar-refractivity contribution in [3.05, 3.63) is 30.1 Å². The van der Waals surface area contributed by atoms with Crippen molar-refractivity contribution in [3.8, 4) is 0 Å². The molecule has 0 aromatic carbocycles. The van der Waals surface area contributed by atoms with Gasteiger partial charge in [0.25, 0.3) is 0 Å². The molecule has 120 valence electrons. The van der Waals surface area contributed by atoms with Gasteiger partial charge in [0, 0.05) is 17.8 Å². The number of fused-ring (bicyclic) bond motifs is 1. The third kappa shape index (κ3) is 3.56. The van der Waals surface area contributed by atoms with Crippen LogP contribution in [0.4, 0.5) is 4.79 Å². The number of hydrogen-bond acceptors (Lipinski definition) is 5. The van der Waals surface area contributed by atoms with E-state index in [0.29, 0.717) is 18.5 Å². The SMILES string of the molecule is CC(C)(CCc1ccnc2c1ccn2S(C)(=O)=O)OC(N)=O. The molecule has 22 heavy (non-hydrogen) atoms. The smallest absolute Gasteiger partial charge is 0.405 e. The summed E-state index contributed by atoms with van der Waals surface area (Å²) in [6.45, 7) is 3.55. The van der Waals surface area contributed by atoms with E-state index in [0.717, 1.165) is 21.2 Å². The molecular formula is C14H19N3O4S. The number of ether oxygens (including phenoxy) is 1. The first kappa shape index (κ1) is 16.3. The molecule has 0 bridgehead atoms. The summed E-state index contributed by atoms with van der Waals surface area (Å²) >= 11 is 0. The van der Waals surface area contributed by atoms with Crippen molar-refractivity contribution < 1.29 is 17.9 Å². The minimum Gasteiger partial charge on any atom is -0.444 e. The van der Waals surface area contributed by atoms with Crippen LogP contribution in [-0.4, -0.2) is 35.3 Å². The fraction of sp³-hybridized carbons (Fsp3) is 0.429. The van der Waals surface area contributed by atoms with Crippen LogP contribution in [-0.2, 0) is 21.2 Å². The fourth-order valence-electron chi connectivity index (χ4n) is 2.32. The van der Waals surface area contributed by atoms with E-state index < -0.39 is 21.7 Å². The third-order valence-electron chi connectivity index (χ3n) is 3.38. The molecule has 0 saturated heterocycles. The maximum atomic E-state index is 11.7. The van der Waals surface area contributed by atoms with Crippen LogP contribution in [0.5, 0.6) is 0 Å². The number of hydrogen-bond donors (Lipinski definition) is 1. The zero-order chi connectivity index (χ0) is 16.5. The second-order valence-corrected chi connectivity index (χ2v) is 7.62. The highest BCUT2D eigenvalue weighted by Gasteiger charge is 2.22. The van der Waals surface area contributed by atoms with Gasteiger partial charge in [-0.15, -0.1) is 0 Å². The first-order valence-corrected chi connectivity index (χ1v) is 8.59. The molecule has 0 fully saturated rings. The van der Waals surface area contributed by atoms with E-state index in [4.69, 9.17) is 10.5 Å². The molecule has 7 nitrogen and oxygen atoms in total. The number of nitrogens with zero attached hydrogens (tertiary/aromatic N) is 2. The number of aromatic nitrogens is 2. The van der Waals surface area contributed by atoms with Gasteiger partial charge in [0.1, 0.15) is 5.60 Å². The van der Waals surface area contributed by atoms with Gasteiger partial charge < -0.3 is 10.5 Å². The Bertz CT molecular complexity index is 809. The Morgan fingerprint density at radius 3 is 2.68 bits per heavy atom. The molecule has 0 spiro atoms. The van der Waals surface area contributed by atoms with Crippen LogP contribution in [0.15, 0.2) is 24.5 Å². The monoisotopic (exact) mass is 325 g/mol. The van der Waals surface area contributed by atoms with Crippen LogP contribution < -0.4 is 5.73 Å². The van der Waals surface area contributed by atoms with Crippen LogP contribution in [0.3, 0.4) is 0 Å². The summed E-state index contributed by atoms with van der Waals surface area (Å²) in [6, 6.07) is 3.55. The molecule has 1 amide bonds. The second-order valence-electron chi connectivity index (χ2n) is 5.76.